The number of rotatable bonds is 3. The van der Waals surface area contributed by atoms with Gasteiger partial charge in [0.05, 0.1) is 6.61 Å². The van der Waals surface area contributed by atoms with Crippen LogP contribution in [0.25, 0.3) is 0 Å². The van der Waals surface area contributed by atoms with Gasteiger partial charge in [-0.25, -0.2) is 0 Å². The van der Waals surface area contributed by atoms with Crippen LogP contribution in [-0.4, -0.2) is 18.3 Å². The van der Waals surface area contributed by atoms with Crippen molar-refractivity contribution in [2.75, 3.05) is 6.61 Å². The highest BCUT2D eigenvalue weighted by molar-refractivity contribution is 5.38. The van der Waals surface area contributed by atoms with Crippen molar-refractivity contribution in [2.45, 2.75) is 44.8 Å². The van der Waals surface area contributed by atoms with Crippen LogP contribution in [0.15, 0.2) is 18.2 Å². The van der Waals surface area contributed by atoms with Crippen LogP contribution in [-0.2, 0) is 17.6 Å². The zero-order chi connectivity index (χ0) is 11.2. The Hall–Kier alpha value is -1.02. The van der Waals surface area contributed by atoms with E-state index in [1.165, 1.54) is 30.4 Å². The van der Waals surface area contributed by atoms with Gasteiger partial charge in [0.25, 0.3) is 0 Å². The summed E-state index contributed by atoms with van der Waals surface area (Å²) >= 11 is 0. The molecule has 0 unspecified atom stereocenters. The maximum absolute atomic E-state index is 6.03. The Labute approximate surface area is 96.6 Å². The molecule has 1 aliphatic carbocycles. The smallest absolute Gasteiger partial charge is 0.132 e. The fourth-order valence-electron chi connectivity index (χ4n) is 2.43. The summed E-state index contributed by atoms with van der Waals surface area (Å²) in [6.07, 6.45) is 3.98. The van der Waals surface area contributed by atoms with E-state index in [2.05, 4.69) is 32.0 Å². The lowest BCUT2D eigenvalue weighted by molar-refractivity contribution is 0.0743. The lowest BCUT2D eigenvalue weighted by Crippen LogP contribution is -2.34. The fourth-order valence-corrected chi connectivity index (χ4v) is 2.43. The first-order valence-corrected chi connectivity index (χ1v) is 6.07. The maximum Gasteiger partial charge on any atom is 0.132 e. The first-order valence-electron chi connectivity index (χ1n) is 6.07. The largest absolute Gasteiger partial charge is 0.485 e. The lowest BCUT2D eigenvalue weighted by atomic mass is 10.1. The molecule has 3 rings (SSSR count). The summed E-state index contributed by atoms with van der Waals surface area (Å²) < 4.78 is 11.3. The highest BCUT2D eigenvalue weighted by atomic mass is 16.6. The van der Waals surface area contributed by atoms with Crippen LogP contribution < -0.4 is 4.74 Å². The third-order valence-electron chi connectivity index (χ3n) is 3.56. The summed E-state index contributed by atoms with van der Waals surface area (Å²) in [4.78, 5) is 0. The van der Waals surface area contributed by atoms with Gasteiger partial charge in [-0.1, -0.05) is 6.07 Å². The number of benzene rings is 1. The van der Waals surface area contributed by atoms with Gasteiger partial charge in [0, 0.05) is 0 Å². The van der Waals surface area contributed by atoms with Crippen molar-refractivity contribution >= 4 is 0 Å². The van der Waals surface area contributed by atoms with Crippen LogP contribution in [0.3, 0.4) is 0 Å². The molecule has 2 aliphatic rings. The quantitative estimate of drug-likeness (QED) is 0.728. The van der Waals surface area contributed by atoms with Crippen molar-refractivity contribution in [3.8, 4) is 5.75 Å². The first-order chi connectivity index (χ1) is 7.65. The SMILES string of the molecule is CC(C)(Oc1ccc2c(c1)CCC2)[C@@H]1CO1. The van der Waals surface area contributed by atoms with Crippen LogP contribution in [0.4, 0.5) is 0 Å². The normalized spacial score (nSPS) is 23.0. The van der Waals surface area contributed by atoms with E-state index >= 15 is 0 Å². The van der Waals surface area contributed by atoms with Gasteiger partial charge >= 0.3 is 0 Å². The minimum atomic E-state index is -0.202. The summed E-state index contributed by atoms with van der Waals surface area (Å²) in [6, 6.07) is 6.50. The first kappa shape index (κ1) is 10.2. The lowest BCUT2D eigenvalue weighted by Gasteiger charge is -2.24. The van der Waals surface area contributed by atoms with E-state index in [0.29, 0.717) is 0 Å². The number of fused-ring (bicyclic) bond motifs is 1. The molecule has 0 amide bonds. The topological polar surface area (TPSA) is 21.8 Å². The molecule has 16 heavy (non-hydrogen) atoms. The highest BCUT2D eigenvalue weighted by Gasteiger charge is 2.41. The monoisotopic (exact) mass is 218 g/mol. The van der Waals surface area contributed by atoms with Crippen molar-refractivity contribution in [2.24, 2.45) is 0 Å². The summed E-state index contributed by atoms with van der Waals surface area (Å²) in [5, 5.41) is 0. The van der Waals surface area contributed by atoms with E-state index in [0.717, 1.165) is 12.4 Å². The molecule has 1 heterocycles. The van der Waals surface area contributed by atoms with E-state index < -0.39 is 0 Å². The van der Waals surface area contributed by atoms with Gasteiger partial charge in [-0.05, 0) is 56.4 Å². The molecule has 1 saturated heterocycles. The molecule has 2 heteroatoms. The highest BCUT2D eigenvalue weighted by Crippen LogP contribution is 2.32. The summed E-state index contributed by atoms with van der Waals surface area (Å²) in [7, 11) is 0. The molecule has 1 aromatic rings. The Balaban J connectivity index is 1.79. The predicted octanol–water partition coefficient (Wildman–Crippen LogP) is 2.73. The second-order valence-electron chi connectivity index (χ2n) is 5.31. The minimum absolute atomic E-state index is 0.202. The molecule has 0 bridgehead atoms. The standard InChI is InChI=1S/C14H18O2/c1-14(2,13-9-15-13)16-12-7-6-10-4-3-5-11(10)8-12/h6-8,13H,3-5,9H2,1-2H3/t13-/m0/s1. The number of hydrogen-bond donors (Lipinski definition) is 0. The Morgan fingerprint density at radius 2 is 2.00 bits per heavy atom. The van der Waals surface area contributed by atoms with Crippen LogP contribution >= 0.6 is 0 Å². The second-order valence-corrected chi connectivity index (χ2v) is 5.31. The molecular weight excluding hydrogens is 200 g/mol. The van der Waals surface area contributed by atoms with Crippen molar-refractivity contribution in [3.05, 3.63) is 29.3 Å². The fraction of sp³-hybridized carbons (Fsp3) is 0.571. The van der Waals surface area contributed by atoms with Crippen molar-refractivity contribution < 1.29 is 9.47 Å². The Bertz CT molecular complexity index is 405. The predicted molar refractivity (Wildman–Crippen MR) is 62.9 cm³/mol. The van der Waals surface area contributed by atoms with Gasteiger partial charge in [-0.2, -0.15) is 0 Å². The molecule has 86 valence electrons. The average molecular weight is 218 g/mol. The molecule has 2 nitrogen and oxygen atoms in total. The number of aryl methyl sites for hydroxylation is 2. The molecule has 0 aromatic heterocycles. The van der Waals surface area contributed by atoms with Crippen molar-refractivity contribution in [1.29, 1.82) is 0 Å². The number of ether oxygens (including phenoxy) is 2. The zero-order valence-corrected chi connectivity index (χ0v) is 9.95. The van der Waals surface area contributed by atoms with Gasteiger partial charge in [0.1, 0.15) is 17.5 Å². The summed E-state index contributed by atoms with van der Waals surface area (Å²) in [5.74, 6) is 0.987. The van der Waals surface area contributed by atoms with E-state index in [4.69, 9.17) is 9.47 Å². The molecule has 0 N–H and O–H groups in total. The molecule has 1 atom stereocenters. The van der Waals surface area contributed by atoms with Gasteiger partial charge in [-0.15, -0.1) is 0 Å². The van der Waals surface area contributed by atoms with Gasteiger partial charge < -0.3 is 9.47 Å². The minimum Gasteiger partial charge on any atom is -0.485 e. The molecule has 0 saturated carbocycles. The van der Waals surface area contributed by atoms with Crippen molar-refractivity contribution in [3.63, 3.8) is 0 Å². The summed E-state index contributed by atoms with van der Waals surface area (Å²) in [5.41, 5.74) is 2.75. The molecule has 0 radical (unpaired) electrons. The Kier molecular flexibility index (Phi) is 2.21. The van der Waals surface area contributed by atoms with E-state index in [1.54, 1.807) is 0 Å². The van der Waals surface area contributed by atoms with Crippen LogP contribution in [0.1, 0.15) is 31.4 Å². The van der Waals surface area contributed by atoms with Gasteiger partial charge in [0.2, 0.25) is 0 Å². The van der Waals surface area contributed by atoms with Crippen LogP contribution in [0.2, 0.25) is 0 Å². The van der Waals surface area contributed by atoms with E-state index in [-0.39, 0.29) is 11.7 Å². The number of hydrogen-bond acceptors (Lipinski definition) is 2. The Morgan fingerprint density at radius 1 is 1.25 bits per heavy atom. The van der Waals surface area contributed by atoms with Gasteiger partial charge in [0.15, 0.2) is 0 Å². The zero-order valence-electron chi connectivity index (χ0n) is 9.95. The van der Waals surface area contributed by atoms with Crippen LogP contribution in [0.5, 0.6) is 5.75 Å². The molecule has 0 spiro atoms. The van der Waals surface area contributed by atoms with Crippen LogP contribution in [0, 0.1) is 0 Å². The average Bonchev–Trinajstić information content (AvgIpc) is 2.99. The molecular formula is C14H18O2. The summed E-state index contributed by atoms with van der Waals surface area (Å²) in [6.45, 7) is 5.02. The second kappa shape index (κ2) is 3.49. The molecule has 1 fully saturated rings. The maximum atomic E-state index is 6.03. The Morgan fingerprint density at radius 3 is 2.75 bits per heavy atom. The number of epoxide rings is 1. The van der Waals surface area contributed by atoms with E-state index in [9.17, 15) is 0 Å². The van der Waals surface area contributed by atoms with Crippen molar-refractivity contribution in [1.82, 2.24) is 0 Å². The van der Waals surface area contributed by atoms with Gasteiger partial charge in [-0.3, -0.25) is 0 Å². The molecule has 1 aliphatic heterocycles. The third-order valence-corrected chi connectivity index (χ3v) is 3.56. The van der Waals surface area contributed by atoms with E-state index in [1.807, 2.05) is 0 Å². The third kappa shape index (κ3) is 1.82. The molecule has 1 aromatic carbocycles.